The van der Waals surface area contributed by atoms with E-state index in [2.05, 4.69) is 0 Å². The average molecular weight is 286 g/mol. The fraction of sp³-hybridized carbons (Fsp3) is 0.133. The van der Waals surface area contributed by atoms with Crippen molar-refractivity contribution in [3.63, 3.8) is 0 Å². The number of allylic oxidation sites excluding steroid dienone is 1. The highest BCUT2D eigenvalue weighted by atomic mass is 16.5. The SMILES string of the molecule is COC1=COC(c2cc(=O)c3ccc(N)c(N)c3o2)=CC1. The van der Waals surface area contributed by atoms with Crippen molar-refractivity contribution in [3.8, 4) is 0 Å². The summed E-state index contributed by atoms with van der Waals surface area (Å²) in [7, 11) is 1.56. The second-order valence-corrected chi connectivity index (χ2v) is 4.60. The molecule has 2 heterocycles. The average Bonchev–Trinajstić information content (AvgIpc) is 2.51. The van der Waals surface area contributed by atoms with Crippen LogP contribution in [0.2, 0.25) is 0 Å². The Bertz CT molecular complexity index is 833. The van der Waals surface area contributed by atoms with Gasteiger partial charge in [0.2, 0.25) is 0 Å². The zero-order valence-corrected chi connectivity index (χ0v) is 11.4. The second-order valence-electron chi connectivity index (χ2n) is 4.60. The maximum atomic E-state index is 12.1. The minimum absolute atomic E-state index is 0.205. The van der Waals surface area contributed by atoms with Crippen molar-refractivity contribution in [2.24, 2.45) is 0 Å². The van der Waals surface area contributed by atoms with Crippen molar-refractivity contribution in [2.45, 2.75) is 6.42 Å². The Hall–Kier alpha value is -2.89. The predicted molar refractivity (Wildman–Crippen MR) is 80.1 cm³/mol. The highest BCUT2D eigenvalue weighted by Crippen LogP contribution is 2.29. The van der Waals surface area contributed by atoms with Gasteiger partial charge in [-0.05, 0) is 18.2 Å². The summed E-state index contributed by atoms with van der Waals surface area (Å²) in [5.74, 6) is 1.43. The third-order valence-electron chi connectivity index (χ3n) is 3.28. The molecule has 6 nitrogen and oxygen atoms in total. The quantitative estimate of drug-likeness (QED) is 0.821. The van der Waals surface area contributed by atoms with E-state index in [0.717, 1.165) is 0 Å². The number of anilines is 2. The van der Waals surface area contributed by atoms with Gasteiger partial charge in [0.15, 0.2) is 22.5 Å². The smallest absolute Gasteiger partial charge is 0.193 e. The van der Waals surface area contributed by atoms with Gasteiger partial charge in [0.25, 0.3) is 0 Å². The molecule has 1 aliphatic heterocycles. The third-order valence-corrected chi connectivity index (χ3v) is 3.28. The van der Waals surface area contributed by atoms with Crippen molar-refractivity contribution in [1.29, 1.82) is 0 Å². The molecule has 3 rings (SSSR count). The van der Waals surface area contributed by atoms with Crippen molar-refractivity contribution >= 4 is 28.1 Å². The molecule has 0 spiro atoms. The second kappa shape index (κ2) is 4.90. The first kappa shape index (κ1) is 13.1. The lowest BCUT2D eigenvalue weighted by Gasteiger charge is -2.14. The van der Waals surface area contributed by atoms with Gasteiger partial charge in [-0.3, -0.25) is 4.79 Å². The molecular weight excluding hydrogens is 272 g/mol. The number of ether oxygens (including phenoxy) is 2. The molecule has 0 amide bonds. The van der Waals surface area contributed by atoms with Gasteiger partial charge in [-0.25, -0.2) is 0 Å². The molecule has 0 unspecified atom stereocenters. The number of nitrogens with two attached hydrogens (primary N) is 2. The minimum atomic E-state index is -0.205. The monoisotopic (exact) mass is 286 g/mol. The lowest BCUT2D eigenvalue weighted by Crippen LogP contribution is -2.06. The van der Waals surface area contributed by atoms with Gasteiger partial charge in [-0.15, -0.1) is 0 Å². The molecule has 0 aliphatic carbocycles. The van der Waals surface area contributed by atoms with E-state index in [-0.39, 0.29) is 16.7 Å². The standard InChI is InChI=1S/C15H14N2O4/c1-19-8-2-5-12(20-7-8)13-6-11(18)9-3-4-10(16)14(17)15(9)21-13/h3-7H,2,16-17H2,1H3. The fourth-order valence-electron chi connectivity index (χ4n) is 2.09. The van der Waals surface area contributed by atoms with E-state index < -0.39 is 0 Å². The number of rotatable bonds is 2. The van der Waals surface area contributed by atoms with Crippen LogP contribution in [0.25, 0.3) is 16.7 Å². The van der Waals surface area contributed by atoms with Crippen LogP contribution in [0.4, 0.5) is 11.4 Å². The summed E-state index contributed by atoms with van der Waals surface area (Å²) in [5.41, 5.74) is 12.3. The summed E-state index contributed by atoms with van der Waals surface area (Å²) >= 11 is 0. The normalized spacial score (nSPS) is 14.3. The number of hydrogen-bond acceptors (Lipinski definition) is 6. The predicted octanol–water partition coefficient (Wildman–Crippen LogP) is 2.21. The van der Waals surface area contributed by atoms with Gasteiger partial charge in [0, 0.05) is 12.5 Å². The molecule has 0 atom stereocenters. The van der Waals surface area contributed by atoms with Gasteiger partial charge in [-0.1, -0.05) is 0 Å². The summed E-state index contributed by atoms with van der Waals surface area (Å²) in [6.45, 7) is 0. The lowest BCUT2D eigenvalue weighted by molar-refractivity contribution is 0.254. The number of hydrogen-bond donors (Lipinski definition) is 2. The molecule has 2 aromatic rings. The van der Waals surface area contributed by atoms with Crippen molar-refractivity contribution in [1.82, 2.24) is 0 Å². The highest BCUT2D eigenvalue weighted by Gasteiger charge is 2.15. The molecule has 0 saturated heterocycles. The summed E-state index contributed by atoms with van der Waals surface area (Å²) in [4.78, 5) is 12.1. The minimum Gasteiger partial charge on any atom is -0.498 e. The molecule has 0 saturated carbocycles. The Kier molecular flexibility index (Phi) is 3.06. The van der Waals surface area contributed by atoms with Gasteiger partial charge >= 0.3 is 0 Å². The summed E-state index contributed by atoms with van der Waals surface area (Å²) in [6, 6.07) is 4.54. The molecule has 1 aromatic heterocycles. The van der Waals surface area contributed by atoms with Crippen LogP contribution in [-0.4, -0.2) is 7.11 Å². The van der Waals surface area contributed by atoms with Crippen molar-refractivity contribution in [2.75, 3.05) is 18.6 Å². The van der Waals surface area contributed by atoms with Crippen LogP contribution in [0.1, 0.15) is 12.2 Å². The van der Waals surface area contributed by atoms with Crippen LogP contribution in [0.5, 0.6) is 0 Å². The molecule has 0 radical (unpaired) electrons. The zero-order valence-electron chi connectivity index (χ0n) is 11.4. The molecule has 108 valence electrons. The first-order valence-corrected chi connectivity index (χ1v) is 6.32. The molecule has 0 fully saturated rings. The van der Waals surface area contributed by atoms with Crippen LogP contribution < -0.4 is 16.9 Å². The summed E-state index contributed by atoms with van der Waals surface area (Å²) < 4.78 is 16.2. The van der Waals surface area contributed by atoms with Crippen LogP contribution in [0.15, 0.2) is 45.5 Å². The van der Waals surface area contributed by atoms with Gasteiger partial charge in [-0.2, -0.15) is 0 Å². The Morgan fingerprint density at radius 3 is 2.76 bits per heavy atom. The van der Waals surface area contributed by atoms with E-state index in [0.29, 0.717) is 34.8 Å². The summed E-state index contributed by atoms with van der Waals surface area (Å²) in [6.07, 6.45) is 3.80. The molecule has 21 heavy (non-hydrogen) atoms. The van der Waals surface area contributed by atoms with Crippen molar-refractivity contribution < 1.29 is 13.9 Å². The van der Waals surface area contributed by atoms with E-state index in [1.54, 1.807) is 25.3 Å². The topological polar surface area (TPSA) is 101 Å². The number of benzene rings is 1. The lowest BCUT2D eigenvalue weighted by atomic mass is 10.1. The maximum Gasteiger partial charge on any atom is 0.193 e. The molecule has 4 N–H and O–H groups in total. The molecule has 1 aliphatic rings. The van der Waals surface area contributed by atoms with E-state index >= 15 is 0 Å². The Morgan fingerprint density at radius 2 is 2.10 bits per heavy atom. The van der Waals surface area contributed by atoms with Gasteiger partial charge in [0.05, 0.1) is 23.9 Å². The van der Waals surface area contributed by atoms with Gasteiger partial charge in [0.1, 0.15) is 12.0 Å². The largest absolute Gasteiger partial charge is 0.498 e. The van der Waals surface area contributed by atoms with Crippen LogP contribution in [0.3, 0.4) is 0 Å². The van der Waals surface area contributed by atoms with E-state index in [9.17, 15) is 4.79 Å². The maximum absolute atomic E-state index is 12.1. The van der Waals surface area contributed by atoms with Crippen molar-refractivity contribution in [3.05, 3.63) is 52.3 Å². The zero-order chi connectivity index (χ0) is 15.0. The Labute approximate surface area is 120 Å². The van der Waals surface area contributed by atoms with Gasteiger partial charge < -0.3 is 25.4 Å². The highest BCUT2D eigenvalue weighted by molar-refractivity contribution is 5.94. The number of methoxy groups -OCH3 is 1. The molecular formula is C15H14N2O4. The summed E-state index contributed by atoms with van der Waals surface area (Å²) in [5, 5.41) is 0.384. The Morgan fingerprint density at radius 1 is 1.29 bits per heavy atom. The van der Waals surface area contributed by atoms with E-state index in [1.165, 1.54) is 12.3 Å². The third kappa shape index (κ3) is 2.20. The number of nitrogen functional groups attached to an aromatic ring is 2. The number of fused-ring (bicyclic) bond motifs is 1. The molecule has 0 bridgehead atoms. The molecule has 6 heteroatoms. The fourth-order valence-corrected chi connectivity index (χ4v) is 2.09. The molecule has 1 aromatic carbocycles. The van der Waals surface area contributed by atoms with E-state index in [4.69, 9.17) is 25.4 Å². The first-order chi connectivity index (χ1) is 10.1. The van der Waals surface area contributed by atoms with E-state index in [1.807, 2.05) is 0 Å². The van der Waals surface area contributed by atoms with Crippen LogP contribution >= 0.6 is 0 Å². The first-order valence-electron chi connectivity index (χ1n) is 6.32. The Balaban J connectivity index is 2.11. The van der Waals surface area contributed by atoms with Crippen LogP contribution in [0, 0.1) is 0 Å². The van der Waals surface area contributed by atoms with Crippen LogP contribution in [-0.2, 0) is 9.47 Å².